The standard InChI is InChI=1S/C12H22N4O/c1-5-6-13-10(2)9-16-12(17)7-11(8-14-16)15(3)4/h7-8,10,13H,5-6,9H2,1-4H3. The van der Waals surface area contributed by atoms with Gasteiger partial charge in [-0.1, -0.05) is 6.92 Å². The maximum absolute atomic E-state index is 11.8. The molecule has 0 saturated carbocycles. The Morgan fingerprint density at radius 3 is 2.76 bits per heavy atom. The maximum Gasteiger partial charge on any atom is 0.268 e. The van der Waals surface area contributed by atoms with Crippen molar-refractivity contribution in [3.63, 3.8) is 0 Å². The molecular weight excluding hydrogens is 216 g/mol. The number of nitrogens with zero attached hydrogens (tertiary/aromatic N) is 3. The van der Waals surface area contributed by atoms with Gasteiger partial charge in [-0.15, -0.1) is 0 Å². The van der Waals surface area contributed by atoms with Crippen LogP contribution in [0.3, 0.4) is 0 Å². The van der Waals surface area contributed by atoms with Crippen LogP contribution in [0, 0.1) is 0 Å². The monoisotopic (exact) mass is 238 g/mol. The van der Waals surface area contributed by atoms with Crippen LogP contribution in [0.4, 0.5) is 5.69 Å². The molecule has 1 unspecified atom stereocenters. The number of nitrogens with one attached hydrogen (secondary N) is 1. The summed E-state index contributed by atoms with van der Waals surface area (Å²) in [5.74, 6) is 0. The molecule has 0 fully saturated rings. The van der Waals surface area contributed by atoms with Gasteiger partial charge in [-0.3, -0.25) is 4.79 Å². The fourth-order valence-corrected chi connectivity index (χ4v) is 1.52. The molecule has 0 aliphatic rings. The van der Waals surface area contributed by atoms with Crippen molar-refractivity contribution >= 4 is 5.69 Å². The third-order valence-electron chi connectivity index (χ3n) is 2.56. The van der Waals surface area contributed by atoms with Gasteiger partial charge in [0.1, 0.15) is 0 Å². The van der Waals surface area contributed by atoms with Crippen LogP contribution in [0.5, 0.6) is 0 Å². The lowest BCUT2D eigenvalue weighted by molar-refractivity contribution is 0.439. The molecule has 0 spiro atoms. The number of rotatable bonds is 6. The van der Waals surface area contributed by atoms with Crippen LogP contribution in [-0.2, 0) is 6.54 Å². The molecule has 1 rings (SSSR count). The first-order chi connectivity index (χ1) is 8.04. The van der Waals surface area contributed by atoms with Crippen LogP contribution in [-0.4, -0.2) is 36.5 Å². The van der Waals surface area contributed by atoms with E-state index in [1.54, 1.807) is 12.3 Å². The first-order valence-electron chi connectivity index (χ1n) is 6.02. The third kappa shape index (κ3) is 4.19. The molecule has 0 saturated heterocycles. The van der Waals surface area contributed by atoms with Crippen molar-refractivity contribution in [2.24, 2.45) is 0 Å². The smallest absolute Gasteiger partial charge is 0.268 e. The molecule has 0 aromatic carbocycles. The van der Waals surface area contributed by atoms with Crippen molar-refractivity contribution in [1.82, 2.24) is 15.1 Å². The number of hydrogen-bond acceptors (Lipinski definition) is 4. The molecule has 0 aliphatic heterocycles. The minimum absolute atomic E-state index is 0.0543. The zero-order valence-electron chi connectivity index (χ0n) is 11.1. The third-order valence-corrected chi connectivity index (χ3v) is 2.56. The van der Waals surface area contributed by atoms with E-state index in [-0.39, 0.29) is 11.6 Å². The van der Waals surface area contributed by atoms with E-state index in [9.17, 15) is 4.79 Å². The Morgan fingerprint density at radius 1 is 1.53 bits per heavy atom. The van der Waals surface area contributed by atoms with Gasteiger partial charge in [0.05, 0.1) is 18.4 Å². The first-order valence-corrected chi connectivity index (χ1v) is 6.02. The van der Waals surface area contributed by atoms with Gasteiger partial charge in [-0.2, -0.15) is 5.10 Å². The molecule has 5 heteroatoms. The highest BCUT2D eigenvalue weighted by atomic mass is 16.1. The quantitative estimate of drug-likeness (QED) is 0.792. The summed E-state index contributed by atoms with van der Waals surface area (Å²) in [6.45, 7) is 5.75. The van der Waals surface area contributed by atoms with Gasteiger partial charge in [0, 0.05) is 26.2 Å². The average molecular weight is 238 g/mol. The fraction of sp³-hybridized carbons (Fsp3) is 0.667. The second kappa shape index (κ2) is 6.39. The Morgan fingerprint density at radius 2 is 2.24 bits per heavy atom. The minimum Gasteiger partial charge on any atom is -0.376 e. The molecule has 0 radical (unpaired) electrons. The SMILES string of the molecule is CCCNC(C)Cn1ncc(N(C)C)cc1=O. The van der Waals surface area contributed by atoms with Gasteiger partial charge >= 0.3 is 0 Å². The highest BCUT2D eigenvalue weighted by molar-refractivity contribution is 5.40. The predicted molar refractivity (Wildman–Crippen MR) is 70.6 cm³/mol. The normalized spacial score (nSPS) is 12.5. The number of aromatic nitrogens is 2. The average Bonchev–Trinajstić information content (AvgIpc) is 2.28. The van der Waals surface area contributed by atoms with Crippen LogP contribution in [0.25, 0.3) is 0 Å². The van der Waals surface area contributed by atoms with Crippen molar-refractivity contribution in [2.45, 2.75) is 32.9 Å². The molecule has 0 bridgehead atoms. The Kier molecular flexibility index (Phi) is 5.15. The van der Waals surface area contributed by atoms with Crippen molar-refractivity contribution in [2.75, 3.05) is 25.5 Å². The highest BCUT2D eigenvalue weighted by Crippen LogP contribution is 2.03. The van der Waals surface area contributed by atoms with Crippen molar-refractivity contribution in [3.05, 3.63) is 22.6 Å². The van der Waals surface area contributed by atoms with E-state index in [0.717, 1.165) is 18.7 Å². The lowest BCUT2D eigenvalue weighted by Gasteiger charge is -2.15. The van der Waals surface area contributed by atoms with Gasteiger partial charge < -0.3 is 10.2 Å². The topological polar surface area (TPSA) is 50.2 Å². The molecule has 1 heterocycles. The van der Waals surface area contributed by atoms with E-state index < -0.39 is 0 Å². The molecule has 5 nitrogen and oxygen atoms in total. The van der Waals surface area contributed by atoms with E-state index in [1.165, 1.54) is 4.68 Å². The largest absolute Gasteiger partial charge is 0.376 e. The lowest BCUT2D eigenvalue weighted by atomic mass is 10.3. The first kappa shape index (κ1) is 13.7. The predicted octanol–water partition coefficient (Wildman–Crippen LogP) is 0.697. The van der Waals surface area contributed by atoms with Crippen LogP contribution in [0.15, 0.2) is 17.1 Å². The van der Waals surface area contributed by atoms with Crippen LogP contribution in [0.1, 0.15) is 20.3 Å². The van der Waals surface area contributed by atoms with Gasteiger partial charge in [-0.05, 0) is 19.9 Å². The molecule has 1 N–H and O–H groups in total. The Labute approximate surface area is 102 Å². The lowest BCUT2D eigenvalue weighted by Crippen LogP contribution is -2.36. The molecule has 0 amide bonds. The molecule has 17 heavy (non-hydrogen) atoms. The summed E-state index contributed by atoms with van der Waals surface area (Å²) in [7, 11) is 3.79. The van der Waals surface area contributed by atoms with E-state index >= 15 is 0 Å². The highest BCUT2D eigenvalue weighted by Gasteiger charge is 2.05. The van der Waals surface area contributed by atoms with Crippen LogP contribution < -0.4 is 15.8 Å². The van der Waals surface area contributed by atoms with Crippen LogP contribution >= 0.6 is 0 Å². The van der Waals surface area contributed by atoms with Crippen LogP contribution in [0.2, 0.25) is 0 Å². The zero-order chi connectivity index (χ0) is 12.8. The minimum atomic E-state index is -0.0543. The van der Waals surface area contributed by atoms with E-state index in [4.69, 9.17) is 0 Å². The second-order valence-corrected chi connectivity index (χ2v) is 4.48. The van der Waals surface area contributed by atoms with Crippen molar-refractivity contribution < 1.29 is 0 Å². The summed E-state index contributed by atoms with van der Waals surface area (Å²) >= 11 is 0. The molecule has 96 valence electrons. The van der Waals surface area contributed by atoms with Gasteiger partial charge in [0.15, 0.2) is 0 Å². The van der Waals surface area contributed by atoms with E-state index in [1.807, 2.05) is 19.0 Å². The Hall–Kier alpha value is -1.36. The molecule has 1 atom stereocenters. The fourth-order valence-electron chi connectivity index (χ4n) is 1.52. The van der Waals surface area contributed by atoms with Gasteiger partial charge in [0.25, 0.3) is 5.56 Å². The van der Waals surface area contributed by atoms with Crippen molar-refractivity contribution in [3.8, 4) is 0 Å². The summed E-state index contributed by atoms with van der Waals surface area (Å²) < 4.78 is 1.50. The molecular formula is C12H22N4O. The summed E-state index contributed by atoms with van der Waals surface area (Å²) in [6, 6.07) is 1.87. The summed E-state index contributed by atoms with van der Waals surface area (Å²) in [5.41, 5.74) is 0.779. The molecule has 1 aromatic heterocycles. The summed E-state index contributed by atoms with van der Waals surface area (Å²) in [5, 5.41) is 7.51. The van der Waals surface area contributed by atoms with E-state index in [0.29, 0.717) is 6.54 Å². The van der Waals surface area contributed by atoms with E-state index in [2.05, 4.69) is 24.3 Å². The zero-order valence-corrected chi connectivity index (χ0v) is 11.1. The molecule has 1 aromatic rings. The summed E-state index contributed by atoms with van der Waals surface area (Å²) in [6.07, 6.45) is 2.81. The summed E-state index contributed by atoms with van der Waals surface area (Å²) in [4.78, 5) is 13.7. The van der Waals surface area contributed by atoms with Gasteiger partial charge in [0.2, 0.25) is 0 Å². The molecule has 0 aliphatic carbocycles. The Balaban J connectivity index is 2.69. The second-order valence-electron chi connectivity index (χ2n) is 4.48. The number of hydrogen-bond donors (Lipinski definition) is 1. The maximum atomic E-state index is 11.8. The van der Waals surface area contributed by atoms with Crippen molar-refractivity contribution in [1.29, 1.82) is 0 Å². The Bertz CT molecular complexity index is 400. The van der Waals surface area contributed by atoms with Gasteiger partial charge in [-0.25, -0.2) is 4.68 Å². The number of anilines is 1.